The highest BCUT2D eigenvalue weighted by Gasteiger charge is 2.11. The number of hydrogen-bond acceptors (Lipinski definition) is 4. The lowest BCUT2D eigenvalue weighted by molar-refractivity contribution is 0.628. The summed E-state index contributed by atoms with van der Waals surface area (Å²) in [4.78, 5) is 8.84. The van der Waals surface area contributed by atoms with Crippen LogP contribution in [0, 0.1) is 32.1 Å². The fourth-order valence-electron chi connectivity index (χ4n) is 2.52. The van der Waals surface area contributed by atoms with E-state index in [1.54, 1.807) is 0 Å². The van der Waals surface area contributed by atoms with Crippen LogP contribution in [0.25, 0.3) is 0 Å². The molecule has 0 saturated heterocycles. The van der Waals surface area contributed by atoms with Gasteiger partial charge in [0.25, 0.3) is 0 Å². The van der Waals surface area contributed by atoms with Crippen LogP contribution < -0.4 is 5.32 Å². The van der Waals surface area contributed by atoms with Crippen molar-refractivity contribution in [3.05, 3.63) is 40.6 Å². The lowest BCUT2D eigenvalue weighted by Crippen LogP contribution is -2.11. The second kappa shape index (κ2) is 7.08. The molecule has 2 aromatic rings. The highest BCUT2D eigenvalue weighted by atomic mass is 15.1. The van der Waals surface area contributed by atoms with Gasteiger partial charge in [-0.2, -0.15) is 5.26 Å². The van der Waals surface area contributed by atoms with Crippen molar-refractivity contribution >= 4 is 5.82 Å². The Hall–Kier alpha value is -2.35. The highest BCUT2D eigenvalue weighted by molar-refractivity contribution is 5.58. The summed E-state index contributed by atoms with van der Waals surface area (Å²) in [5.74, 6) is 1.81. The van der Waals surface area contributed by atoms with Crippen molar-refractivity contribution in [3.63, 3.8) is 0 Å². The lowest BCUT2D eigenvalue weighted by atomic mass is 10.0. The molecule has 116 valence electrons. The summed E-state index contributed by atoms with van der Waals surface area (Å²) in [5.41, 5.74) is 3.73. The van der Waals surface area contributed by atoms with Gasteiger partial charge in [0.2, 0.25) is 0 Å². The molecule has 0 radical (unpaired) electrons. The van der Waals surface area contributed by atoms with Gasteiger partial charge in [-0.1, -0.05) is 6.92 Å². The van der Waals surface area contributed by atoms with Gasteiger partial charge in [0.15, 0.2) is 0 Å². The van der Waals surface area contributed by atoms with E-state index in [2.05, 4.69) is 32.8 Å². The number of anilines is 1. The van der Waals surface area contributed by atoms with Crippen LogP contribution in [-0.4, -0.2) is 21.1 Å². The summed E-state index contributed by atoms with van der Waals surface area (Å²) in [6.07, 6.45) is 5.76. The second-order valence-electron chi connectivity index (χ2n) is 5.45. The van der Waals surface area contributed by atoms with E-state index in [1.807, 2.05) is 33.2 Å². The van der Waals surface area contributed by atoms with Crippen LogP contribution in [0.1, 0.15) is 41.6 Å². The Bertz CT molecular complexity index is 694. The molecule has 2 heterocycles. The lowest BCUT2D eigenvalue weighted by Gasteiger charge is -2.13. The van der Waals surface area contributed by atoms with Crippen LogP contribution in [0.5, 0.6) is 0 Å². The van der Waals surface area contributed by atoms with Crippen LogP contribution in [-0.2, 0) is 13.0 Å². The number of imidazole rings is 1. The predicted molar refractivity (Wildman–Crippen MR) is 87.9 cm³/mol. The maximum absolute atomic E-state index is 9.35. The number of aromatic nitrogens is 3. The van der Waals surface area contributed by atoms with Crippen molar-refractivity contribution in [2.24, 2.45) is 0 Å². The third-order valence-corrected chi connectivity index (χ3v) is 4.09. The first-order valence-electron chi connectivity index (χ1n) is 7.70. The molecule has 2 aromatic heterocycles. The summed E-state index contributed by atoms with van der Waals surface area (Å²) < 4.78 is 2.17. The third kappa shape index (κ3) is 3.28. The Morgan fingerprint density at radius 2 is 2.05 bits per heavy atom. The molecule has 0 aliphatic rings. The third-order valence-electron chi connectivity index (χ3n) is 4.09. The number of aryl methyl sites for hydroxylation is 3. The Kier molecular flexibility index (Phi) is 5.16. The van der Waals surface area contributed by atoms with Gasteiger partial charge >= 0.3 is 0 Å². The van der Waals surface area contributed by atoms with Crippen molar-refractivity contribution in [1.82, 2.24) is 14.5 Å². The van der Waals surface area contributed by atoms with E-state index in [0.717, 1.165) is 48.6 Å². The van der Waals surface area contributed by atoms with Crippen LogP contribution in [0.3, 0.4) is 0 Å². The molecule has 0 aromatic carbocycles. The molecule has 0 amide bonds. The number of pyridine rings is 1. The summed E-state index contributed by atoms with van der Waals surface area (Å²) in [7, 11) is 0. The summed E-state index contributed by atoms with van der Waals surface area (Å²) in [5, 5.41) is 12.7. The average Bonchev–Trinajstić information content (AvgIpc) is 2.97. The monoisotopic (exact) mass is 297 g/mol. The minimum atomic E-state index is 0.653. The summed E-state index contributed by atoms with van der Waals surface area (Å²) >= 11 is 0. The fraction of sp³-hybridized carbons (Fsp3) is 0.471. The predicted octanol–water partition coefficient (Wildman–Crippen LogP) is 3.14. The molecule has 0 saturated carbocycles. The Labute approximate surface area is 132 Å². The Balaban J connectivity index is 1.99. The van der Waals surface area contributed by atoms with E-state index in [-0.39, 0.29) is 0 Å². The number of nitrogens with one attached hydrogen (secondary N) is 1. The van der Waals surface area contributed by atoms with Gasteiger partial charge < -0.3 is 9.88 Å². The summed E-state index contributed by atoms with van der Waals surface area (Å²) in [6, 6.07) is 2.26. The smallest absolute Gasteiger partial charge is 0.144 e. The van der Waals surface area contributed by atoms with Gasteiger partial charge in [-0.15, -0.1) is 0 Å². The first-order valence-corrected chi connectivity index (χ1v) is 7.70. The van der Waals surface area contributed by atoms with Crippen molar-refractivity contribution in [2.45, 2.75) is 47.1 Å². The quantitative estimate of drug-likeness (QED) is 0.832. The van der Waals surface area contributed by atoms with E-state index in [4.69, 9.17) is 0 Å². The molecule has 0 aliphatic carbocycles. The van der Waals surface area contributed by atoms with Gasteiger partial charge in [0, 0.05) is 37.6 Å². The number of hydrogen-bond donors (Lipinski definition) is 1. The van der Waals surface area contributed by atoms with Gasteiger partial charge in [-0.05, 0) is 38.3 Å². The zero-order chi connectivity index (χ0) is 16.1. The Morgan fingerprint density at radius 1 is 1.27 bits per heavy atom. The van der Waals surface area contributed by atoms with E-state index in [0.29, 0.717) is 11.4 Å². The van der Waals surface area contributed by atoms with Crippen LogP contribution in [0.15, 0.2) is 12.4 Å². The standard InChI is InChI=1S/C17H23N5/c1-5-16-19-8-10-22(16)9-6-7-20-17-15(11-18)13(3)12(2)14(4)21-17/h8,10H,5-7,9H2,1-4H3,(H,20,21). The molecule has 0 atom stereocenters. The van der Waals surface area contributed by atoms with Crippen molar-refractivity contribution in [1.29, 1.82) is 5.26 Å². The topological polar surface area (TPSA) is 66.5 Å². The Morgan fingerprint density at radius 3 is 2.73 bits per heavy atom. The minimum Gasteiger partial charge on any atom is -0.369 e. The zero-order valence-electron chi connectivity index (χ0n) is 13.8. The molecule has 1 N–H and O–H groups in total. The molecule has 2 rings (SSSR count). The van der Waals surface area contributed by atoms with Crippen LogP contribution in [0.2, 0.25) is 0 Å². The van der Waals surface area contributed by atoms with Gasteiger partial charge in [-0.3, -0.25) is 0 Å². The molecule has 0 aliphatic heterocycles. The molecule has 0 unspecified atom stereocenters. The van der Waals surface area contributed by atoms with Gasteiger partial charge in [0.1, 0.15) is 17.7 Å². The maximum Gasteiger partial charge on any atom is 0.144 e. The van der Waals surface area contributed by atoms with Crippen molar-refractivity contribution in [3.8, 4) is 6.07 Å². The van der Waals surface area contributed by atoms with Crippen molar-refractivity contribution in [2.75, 3.05) is 11.9 Å². The van der Waals surface area contributed by atoms with E-state index in [1.165, 1.54) is 0 Å². The molecular weight excluding hydrogens is 274 g/mol. The maximum atomic E-state index is 9.35. The first kappa shape index (κ1) is 16.0. The fourth-order valence-corrected chi connectivity index (χ4v) is 2.52. The molecule has 0 spiro atoms. The van der Waals surface area contributed by atoms with Gasteiger partial charge in [0.05, 0.1) is 5.56 Å². The minimum absolute atomic E-state index is 0.653. The molecule has 5 nitrogen and oxygen atoms in total. The molecule has 0 bridgehead atoms. The van der Waals surface area contributed by atoms with Crippen LogP contribution in [0.4, 0.5) is 5.82 Å². The number of nitriles is 1. The molecule has 0 fully saturated rings. The van der Waals surface area contributed by atoms with Crippen LogP contribution >= 0.6 is 0 Å². The normalized spacial score (nSPS) is 10.5. The van der Waals surface area contributed by atoms with E-state index in [9.17, 15) is 5.26 Å². The number of nitrogens with zero attached hydrogens (tertiary/aromatic N) is 4. The SMILES string of the molecule is CCc1nccn1CCCNc1nc(C)c(C)c(C)c1C#N. The second-order valence-corrected chi connectivity index (χ2v) is 5.45. The summed E-state index contributed by atoms with van der Waals surface area (Å²) in [6.45, 7) is 9.78. The number of rotatable bonds is 6. The van der Waals surface area contributed by atoms with Crippen molar-refractivity contribution < 1.29 is 0 Å². The highest BCUT2D eigenvalue weighted by Crippen LogP contribution is 2.21. The first-order chi connectivity index (χ1) is 10.6. The van der Waals surface area contributed by atoms with E-state index >= 15 is 0 Å². The molecule has 22 heavy (non-hydrogen) atoms. The van der Waals surface area contributed by atoms with Gasteiger partial charge in [-0.25, -0.2) is 9.97 Å². The zero-order valence-corrected chi connectivity index (χ0v) is 13.8. The van der Waals surface area contributed by atoms with E-state index < -0.39 is 0 Å². The molecular formula is C17H23N5. The average molecular weight is 297 g/mol. The largest absolute Gasteiger partial charge is 0.369 e. The molecule has 5 heteroatoms.